The van der Waals surface area contributed by atoms with Crippen LogP contribution in [0.4, 0.5) is 0 Å². The van der Waals surface area contributed by atoms with Crippen LogP contribution in [0.1, 0.15) is 31.2 Å². The fraction of sp³-hybridized carbons (Fsp3) is 0.368. The monoisotopic (exact) mass is 402 g/mol. The Morgan fingerprint density at radius 1 is 1.04 bits per heavy atom. The second-order valence-electron chi connectivity index (χ2n) is 6.75. The van der Waals surface area contributed by atoms with Crippen molar-refractivity contribution in [3.8, 4) is 5.75 Å². The molecule has 1 aromatic rings. The second kappa shape index (κ2) is 7.09. The molecule has 3 fully saturated rings. The van der Waals surface area contributed by atoms with Gasteiger partial charge in [0, 0.05) is 0 Å². The fourth-order valence-electron chi connectivity index (χ4n) is 3.83. The molecule has 1 aromatic carbocycles. The lowest BCUT2D eigenvalue weighted by atomic mass is 9.81. The largest absolute Gasteiger partial charge is 0.497 e. The van der Waals surface area contributed by atoms with Crippen LogP contribution in [-0.2, 0) is 14.4 Å². The van der Waals surface area contributed by atoms with E-state index in [0.29, 0.717) is 17.7 Å². The third-order valence-electron chi connectivity index (χ3n) is 5.20. The highest BCUT2D eigenvalue weighted by molar-refractivity contribution is 8.26. The summed E-state index contributed by atoms with van der Waals surface area (Å²) in [5.41, 5.74) is 0.809. The topological polar surface area (TPSA) is 66.9 Å². The molecule has 0 spiro atoms. The Hall–Kier alpha value is -2.19. The minimum absolute atomic E-state index is 0.208. The standard InChI is InChI=1S/C19H18N2O4S2/c1-25-12-8-6-11(7-9-12)10-15-18(24)21(19(26)27-15)20-16(22)13-4-2-3-5-14(13)17(20)23/h6-10,13-14H,2-5H2,1H3. The number of thioether (sulfide) groups is 1. The van der Waals surface area contributed by atoms with Crippen LogP contribution < -0.4 is 4.74 Å². The summed E-state index contributed by atoms with van der Waals surface area (Å²) in [6.07, 6.45) is 4.97. The fourth-order valence-corrected chi connectivity index (χ4v) is 5.07. The van der Waals surface area contributed by atoms with Gasteiger partial charge in [0.1, 0.15) is 5.75 Å². The van der Waals surface area contributed by atoms with Crippen molar-refractivity contribution >= 4 is 52.1 Å². The van der Waals surface area contributed by atoms with Crippen LogP contribution in [0.5, 0.6) is 5.75 Å². The average molecular weight is 402 g/mol. The molecule has 1 saturated carbocycles. The number of methoxy groups -OCH3 is 1. The number of nitrogens with zero attached hydrogens (tertiary/aromatic N) is 2. The highest BCUT2D eigenvalue weighted by Gasteiger charge is 2.54. The zero-order chi connectivity index (χ0) is 19.1. The lowest BCUT2D eigenvalue weighted by molar-refractivity contribution is -0.158. The Bertz CT molecular complexity index is 841. The molecule has 140 valence electrons. The van der Waals surface area contributed by atoms with E-state index >= 15 is 0 Å². The van der Waals surface area contributed by atoms with Gasteiger partial charge in [0.2, 0.25) is 0 Å². The summed E-state index contributed by atoms with van der Waals surface area (Å²) in [5.74, 6) is -0.946. The minimum Gasteiger partial charge on any atom is -0.497 e. The molecule has 0 N–H and O–H groups in total. The molecule has 3 aliphatic rings. The van der Waals surface area contributed by atoms with E-state index in [2.05, 4.69) is 0 Å². The van der Waals surface area contributed by atoms with Gasteiger partial charge in [-0.05, 0) is 48.8 Å². The Morgan fingerprint density at radius 2 is 1.63 bits per heavy atom. The predicted octanol–water partition coefficient (Wildman–Crippen LogP) is 2.99. The average Bonchev–Trinajstić information content (AvgIpc) is 3.09. The van der Waals surface area contributed by atoms with Crippen LogP contribution in [0.25, 0.3) is 6.08 Å². The molecule has 6 nitrogen and oxygen atoms in total. The number of fused-ring (bicyclic) bond motifs is 1. The number of hydrogen-bond donors (Lipinski definition) is 0. The van der Waals surface area contributed by atoms with Gasteiger partial charge in [-0.15, -0.1) is 0 Å². The lowest BCUT2D eigenvalue weighted by Crippen LogP contribution is -2.49. The van der Waals surface area contributed by atoms with Gasteiger partial charge < -0.3 is 4.74 Å². The summed E-state index contributed by atoms with van der Waals surface area (Å²) in [5, 5.41) is 2.07. The molecule has 4 rings (SSSR count). The Balaban J connectivity index is 1.60. The molecule has 0 bridgehead atoms. The van der Waals surface area contributed by atoms with E-state index in [9.17, 15) is 14.4 Å². The highest BCUT2D eigenvalue weighted by atomic mass is 32.2. The van der Waals surface area contributed by atoms with Gasteiger partial charge in [-0.25, -0.2) is 0 Å². The number of benzene rings is 1. The molecular formula is C19H18N2O4S2. The number of carbonyl (C=O) groups is 3. The van der Waals surface area contributed by atoms with Gasteiger partial charge in [0.05, 0.1) is 23.9 Å². The predicted molar refractivity (Wildman–Crippen MR) is 105 cm³/mol. The maximum atomic E-state index is 12.9. The van der Waals surface area contributed by atoms with E-state index in [1.54, 1.807) is 25.3 Å². The molecular weight excluding hydrogens is 384 g/mol. The zero-order valence-electron chi connectivity index (χ0n) is 14.7. The van der Waals surface area contributed by atoms with Crippen molar-refractivity contribution in [2.24, 2.45) is 11.8 Å². The van der Waals surface area contributed by atoms with E-state index in [4.69, 9.17) is 17.0 Å². The van der Waals surface area contributed by atoms with Crippen molar-refractivity contribution in [1.29, 1.82) is 0 Å². The molecule has 0 radical (unpaired) electrons. The number of amides is 3. The number of rotatable bonds is 3. The van der Waals surface area contributed by atoms with Gasteiger partial charge in [-0.2, -0.15) is 10.0 Å². The summed E-state index contributed by atoms with van der Waals surface area (Å²) in [6, 6.07) is 7.24. The molecule has 0 aromatic heterocycles. The number of carbonyl (C=O) groups excluding carboxylic acids is 3. The lowest BCUT2D eigenvalue weighted by Gasteiger charge is -2.24. The van der Waals surface area contributed by atoms with Crippen LogP contribution >= 0.6 is 24.0 Å². The van der Waals surface area contributed by atoms with Gasteiger partial charge in [-0.1, -0.05) is 36.7 Å². The van der Waals surface area contributed by atoms with Gasteiger partial charge in [0.15, 0.2) is 4.32 Å². The number of imide groups is 1. The molecule has 2 atom stereocenters. The van der Waals surface area contributed by atoms with E-state index in [-0.39, 0.29) is 28.0 Å². The van der Waals surface area contributed by atoms with Crippen molar-refractivity contribution in [2.45, 2.75) is 25.7 Å². The number of hydrogen-bond acceptors (Lipinski definition) is 6. The molecule has 2 saturated heterocycles. The van der Waals surface area contributed by atoms with Crippen molar-refractivity contribution in [1.82, 2.24) is 10.0 Å². The summed E-state index contributed by atoms with van der Waals surface area (Å²) in [7, 11) is 1.59. The number of thiocarbonyl (C=S) groups is 1. The smallest absolute Gasteiger partial charge is 0.285 e. The normalized spacial score (nSPS) is 26.9. The first kappa shape index (κ1) is 18.2. The first-order valence-corrected chi connectivity index (χ1v) is 10.0. The first-order valence-electron chi connectivity index (χ1n) is 8.81. The second-order valence-corrected chi connectivity index (χ2v) is 8.43. The maximum Gasteiger partial charge on any atom is 0.285 e. The molecule has 1 aliphatic carbocycles. The summed E-state index contributed by atoms with van der Waals surface area (Å²) >= 11 is 6.42. The SMILES string of the molecule is COc1ccc(C=C2SC(=S)N(N3C(=O)C4CCCCC4C3=O)C2=O)cc1. The summed E-state index contributed by atoms with van der Waals surface area (Å²) in [4.78, 5) is 38.8. The van der Waals surface area contributed by atoms with Crippen LogP contribution in [-0.4, -0.2) is 39.2 Å². The van der Waals surface area contributed by atoms with Crippen LogP contribution in [0.3, 0.4) is 0 Å². The summed E-state index contributed by atoms with van der Waals surface area (Å²) < 4.78 is 5.34. The van der Waals surface area contributed by atoms with Crippen molar-refractivity contribution in [2.75, 3.05) is 7.11 Å². The summed E-state index contributed by atoms with van der Waals surface area (Å²) in [6.45, 7) is 0. The Morgan fingerprint density at radius 3 is 2.19 bits per heavy atom. The molecule has 2 aliphatic heterocycles. The highest BCUT2D eigenvalue weighted by Crippen LogP contribution is 2.42. The molecule has 27 heavy (non-hydrogen) atoms. The van der Waals surface area contributed by atoms with Crippen molar-refractivity contribution in [3.05, 3.63) is 34.7 Å². The third-order valence-corrected chi connectivity index (χ3v) is 6.49. The number of hydrazine groups is 1. The van der Waals surface area contributed by atoms with Crippen LogP contribution in [0.15, 0.2) is 29.2 Å². The Kier molecular flexibility index (Phi) is 4.77. The van der Waals surface area contributed by atoms with E-state index in [1.807, 2.05) is 12.1 Å². The third kappa shape index (κ3) is 3.06. The van der Waals surface area contributed by atoms with Gasteiger partial charge >= 0.3 is 0 Å². The minimum atomic E-state index is -0.429. The first-order chi connectivity index (χ1) is 13.0. The van der Waals surface area contributed by atoms with Crippen LogP contribution in [0, 0.1) is 11.8 Å². The van der Waals surface area contributed by atoms with Crippen molar-refractivity contribution < 1.29 is 19.1 Å². The van der Waals surface area contributed by atoms with Crippen LogP contribution in [0.2, 0.25) is 0 Å². The van der Waals surface area contributed by atoms with E-state index in [0.717, 1.165) is 45.9 Å². The zero-order valence-corrected chi connectivity index (χ0v) is 16.3. The van der Waals surface area contributed by atoms with Gasteiger partial charge in [-0.3, -0.25) is 14.4 Å². The number of ether oxygens (including phenoxy) is 1. The van der Waals surface area contributed by atoms with Gasteiger partial charge in [0.25, 0.3) is 17.7 Å². The molecule has 3 amide bonds. The Labute approximate surface area is 166 Å². The quantitative estimate of drug-likeness (QED) is 0.440. The molecule has 8 heteroatoms. The van der Waals surface area contributed by atoms with E-state index < -0.39 is 5.91 Å². The molecule has 2 unspecified atom stereocenters. The maximum absolute atomic E-state index is 12.9. The molecule has 2 heterocycles. The van der Waals surface area contributed by atoms with E-state index in [1.165, 1.54) is 0 Å². The van der Waals surface area contributed by atoms with Crippen molar-refractivity contribution in [3.63, 3.8) is 0 Å².